The van der Waals surface area contributed by atoms with E-state index in [-0.39, 0.29) is 12.1 Å². The molecule has 114 valence electrons. The second kappa shape index (κ2) is 6.90. The first-order chi connectivity index (χ1) is 9.88. The quantitative estimate of drug-likeness (QED) is 0.842. The van der Waals surface area contributed by atoms with E-state index in [1.807, 2.05) is 13.8 Å². The maximum absolute atomic E-state index is 12.5. The molecule has 4 nitrogen and oxygen atoms in total. The Balaban J connectivity index is 2.14. The number of halogens is 2. The monoisotopic (exact) mass is 345 g/mol. The molecule has 0 unspecified atom stereocenters. The summed E-state index contributed by atoms with van der Waals surface area (Å²) in [4.78, 5) is 18.6. The fourth-order valence-electron chi connectivity index (χ4n) is 1.89. The van der Waals surface area contributed by atoms with Crippen molar-refractivity contribution in [3.63, 3.8) is 0 Å². The minimum atomic E-state index is -0.219. The van der Waals surface area contributed by atoms with Crippen LogP contribution in [0.2, 0.25) is 10.0 Å². The number of urea groups is 1. The van der Waals surface area contributed by atoms with Crippen LogP contribution in [0, 0.1) is 0 Å². The van der Waals surface area contributed by atoms with Gasteiger partial charge in [0, 0.05) is 17.0 Å². The highest BCUT2D eigenvalue weighted by atomic mass is 35.5. The number of hydrogen-bond donors (Lipinski definition) is 1. The summed E-state index contributed by atoms with van der Waals surface area (Å²) in [5.74, 6) is 0. The summed E-state index contributed by atoms with van der Waals surface area (Å²) in [7, 11) is 0. The lowest BCUT2D eigenvalue weighted by atomic mass is 10.3. The van der Waals surface area contributed by atoms with E-state index >= 15 is 0 Å². The standard InChI is InChI=1S/C14H17Cl2N3OS/c1-8(2)19(14-17-7-9(3)21-14)13(20)18-10-4-5-11(15)12(16)6-10/h4-6,8-9H,7H2,1-3H3,(H,18,20)/t9-/m0/s1. The number of thioether (sulfide) groups is 1. The molecule has 0 spiro atoms. The number of carbonyl (C=O) groups is 1. The average molecular weight is 346 g/mol. The van der Waals surface area contributed by atoms with Crippen LogP contribution in [0.5, 0.6) is 0 Å². The van der Waals surface area contributed by atoms with Gasteiger partial charge in [0.15, 0.2) is 5.17 Å². The van der Waals surface area contributed by atoms with Crippen molar-refractivity contribution in [2.24, 2.45) is 4.99 Å². The highest BCUT2D eigenvalue weighted by Gasteiger charge is 2.28. The van der Waals surface area contributed by atoms with Gasteiger partial charge in [0.25, 0.3) is 0 Å². The highest BCUT2D eigenvalue weighted by Crippen LogP contribution is 2.27. The van der Waals surface area contributed by atoms with Crippen LogP contribution in [0.3, 0.4) is 0 Å². The van der Waals surface area contributed by atoms with Gasteiger partial charge in [0.05, 0.1) is 16.6 Å². The van der Waals surface area contributed by atoms with Crippen LogP contribution in [0.15, 0.2) is 23.2 Å². The Hall–Kier alpha value is -0.910. The fourth-order valence-corrected chi connectivity index (χ4v) is 3.26. The predicted molar refractivity (Wildman–Crippen MR) is 91.8 cm³/mol. The molecule has 1 atom stereocenters. The molecule has 7 heteroatoms. The average Bonchev–Trinajstić information content (AvgIpc) is 2.80. The maximum atomic E-state index is 12.5. The molecule has 0 saturated carbocycles. The Labute approximate surface area is 138 Å². The van der Waals surface area contributed by atoms with Crippen LogP contribution >= 0.6 is 35.0 Å². The van der Waals surface area contributed by atoms with Crippen LogP contribution < -0.4 is 5.32 Å². The van der Waals surface area contributed by atoms with Gasteiger partial charge < -0.3 is 5.32 Å². The van der Waals surface area contributed by atoms with E-state index in [9.17, 15) is 4.79 Å². The molecular formula is C14H17Cl2N3OS. The second-order valence-corrected chi connectivity index (χ2v) is 7.29. The number of hydrogen-bond acceptors (Lipinski definition) is 3. The third-order valence-electron chi connectivity index (χ3n) is 2.90. The van der Waals surface area contributed by atoms with E-state index in [2.05, 4.69) is 17.2 Å². The molecule has 1 heterocycles. The van der Waals surface area contributed by atoms with Crippen molar-refractivity contribution >= 4 is 51.8 Å². The molecule has 0 radical (unpaired) electrons. The van der Waals surface area contributed by atoms with Gasteiger partial charge in [0.2, 0.25) is 0 Å². The Kier molecular flexibility index (Phi) is 5.41. The number of rotatable bonds is 2. The van der Waals surface area contributed by atoms with Crippen LogP contribution in [-0.2, 0) is 0 Å². The van der Waals surface area contributed by atoms with Gasteiger partial charge in [-0.15, -0.1) is 0 Å². The number of carbonyl (C=O) groups excluding carboxylic acids is 1. The molecular weight excluding hydrogens is 329 g/mol. The largest absolute Gasteiger partial charge is 0.328 e. The molecule has 21 heavy (non-hydrogen) atoms. The number of nitrogens with zero attached hydrogens (tertiary/aromatic N) is 2. The number of amides is 2. The topological polar surface area (TPSA) is 44.7 Å². The number of amidine groups is 1. The lowest BCUT2D eigenvalue weighted by Crippen LogP contribution is -2.42. The van der Waals surface area contributed by atoms with Crippen molar-refractivity contribution in [2.75, 3.05) is 11.9 Å². The molecule has 1 aliphatic rings. The summed E-state index contributed by atoms with van der Waals surface area (Å²) in [6, 6.07) is 4.81. The summed E-state index contributed by atoms with van der Waals surface area (Å²) in [5.41, 5.74) is 0.608. The first kappa shape index (κ1) is 16.5. The molecule has 1 aromatic rings. The Morgan fingerprint density at radius 1 is 1.43 bits per heavy atom. The van der Waals surface area contributed by atoms with E-state index in [4.69, 9.17) is 23.2 Å². The second-order valence-electron chi connectivity index (χ2n) is 5.07. The molecule has 0 bridgehead atoms. The van der Waals surface area contributed by atoms with E-state index in [1.165, 1.54) is 0 Å². The van der Waals surface area contributed by atoms with E-state index < -0.39 is 0 Å². The number of aliphatic imine (C=N–C) groups is 1. The van der Waals surface area contributed by atoms with Crippen molar-refractivity contribution in [3.05, 3.63) is 28.2 Å². The molecule has 0 fully saturated rings. The molecule has 1 aliphatic heterocycles. The fraction of sp³-hybridized carbons (Fsp3) is 0.429. The molecule has 2 amide bonds. The lowest BCUT2D eigenvalue weighted by molar-refractivity contribution is 0.227. The summed E-state index contributed by atoms with van der Waals surface area (Å²) < 4.78 is 0. The van der Waals surface area contributed by atoms with Gasteiger partial charge in [-0.3, -0.25) is 9.89 Å². The number of nitrogens with one attached hydrogen (secondary N) is 1. The van der Waals surface area contributed by atoms with Crippen molar-refractivity contribution < 1.29 is 4.79 Å². The first-order valence-corrected chi connectivity index (χ1v) is 8.28. The predicted octanol–water partition coefficient (Wildman–Crippen LogP) is 4.73. The zero-order chi connectivity index (χ0) is 15.6. The van der Waals surface area contributed by atoms with Crippen molar-refractivity contribution in [1.29, 1.82) is 0 Å². The van der Waals surface area contributed by atoms with Crippen molar-refractivity contribution in [3.8, 4) is 0 Å². The summed E-state index contributed by atoms with van der Waals surface area (Å²) in [6.07, 6.45) is 0. The molecule has 0 saturated heterocycles. The van der Waals surface area contributed by atoms with Crippen LogP contribution in [0.4, 0.5) is 10.5 Å². The van der Waals surface area contributed by atoms with Crippen LogP contribution in [-0.4, -0.2) is 33.9 Å². The maximum Gasteiger partial charge on any atom is 0.328 e. The Morgan fingerprint density at radius 3 is 2.67 bits per heavy atom. The van der Waals surface area contributed by atoms with Gasteiger partial charge in [0.1, 0.15) is 0 Å². The van der Waals surface area contributed by atoms with E-state index in [0.29, 0.717) is 21.0 Å². The van der Waals surface area contributed by atoms with Crippen molar-refractivity contribution in [1.82, 2.24) is 4.90 Å². The minimum absolute atomic E-state index is 0.0179. The SMILES string of the molecule is CC(C)N(C(=O)Nc1ccc(Cl)c(Cl)c1)C1=NC[C@H](C)S1. The lowest BCUT2D eigenvalue weighted by Gasteiger charge is -2.26. The van der Waals surface area contributed by atoms with Crippen LogP contribution in [0.1, 0.15) is 20.8 Å². The van der Waals surface area contributed by atoms with Gasteiger partial charge in [-0.1, -0.05) is 41.9 Å². The summed E-state index contributed by atoms with van der Waals surface area (Å²) >= 11 is 13.4. The third-order valence-corrected chi connectivity index (χ3v) is 4.73. The van der Waals surface area contributed by atoms with Gasteiger partial charge >= 0.3 is 6.03 Å². The molecule has 0 aromatic heterocycles. The highest BCUT2D eigenvalue weighted by molar-refractivity contribution is 8.14. The molecule has 2 rings (SSSR count). The van der Waals surface area contributed by atoms with Gasteiger partial charge in [-0.05, 0) is 32.0 Å². The van der Waals surface area contributed by atoms with E-state index in [0.717, 1.165) is 11.7 Å². The molecule has 1 N–H and O–H groups in total. The zero-order valence-electron chi connectivity index (χ0n) is 12.1. The Morgan fingerprint density at radius 2 is 2.14 bits per heavy atom. The summed E-state index contributed by atoms with van der Waals surface area (Å²) in [6.45, 7) is 6.75. The summed E-state index contributed by atoms with van der Waals surface area (Å²) in [5, 5.41) is 4.86. The normalized spacial score (nSPS) is 17.8. The zero-order valence-corrected chi connectivity index (χ0v) is 14.4. The van der Waals surface area contributed by atoms with Crippen LogP contribution in [0.25, 0.3) is 0 Å². The minimum Gasteiger partial charge on any atom is -0.307 e. The Bertz CT molecular complexity index is 577. The smallest absolute Gasteiger partial charge is 0.307 e. The molecule has 0 aliphatic carbocycles. The van der Waals surface area contributed by atoms with Crippen molar-refractivity contribution in [2.45, 2.75) is 32.1 Å². The van der Waals surface area contributed by atoms with E-state index in [1.54, 1.807) is 34.9 Å². The first-order valence-electron chi connectivity index (χ1n) is 6.65. The van der Waals surface area contributed by atoms with Gasteiger partial charge in [-0.25, -0.2) is 4.79 Å². The number of anilines is 1. The molecule has 1 aromatic carbocycles. The number of benzene rings is 1. The third kappa shape index (κ3) is 4.05. The van der Waals surface area contributed by atoms with Gasteiger partial charge in [-0.2, -0.15) is 0 Å².